The van der Waals surface area contributed by atoms with Gasteiger partial charge in [0.1, 0.15) is 11.5 Å². The average Bonchev–Trinajstić information content (AvgIpc) is 3.24. The zero-order valence-corrected chi connectivity index (χ0v) is 16.7. The van der Waals surface area contributed by atoms with Gasteiger partial charge in [-0.3, -0.25) is 0 Å². The maximum atomic E-state index is 13.0. The van der Waals surface area contributed by atoms with E-state index in [1.165, 1.54) is 3.97 Å². The molecular formula is C22H20N2O3S. The summed E-state index contributed by atoms with van der Waals surface area (Å²) in [5, 5.41) is 4.20. The lowest BCUT2D eigenvalue weighted by Crippen LogP contribution is -2.15. The van der Waals surface area contributed by atoms with Gasteiger partial charge in [-0.2, -0.15) is 0 Å². The highest BCUT2D eigenvalue weighted by Gasteiger charge is 2.21. The Morgan fingerprint density at radius 2 is 1.39 bits per heavy atom. The van der Waals surface area contributed by atoms with Crippen molar-refractivity contribution in [2.45, 2.75) is 25.7 Å². The summed E-state index contributed by atoms with van der Waals surface area (Å²) in [6.07, 6.45) is 0. The third-order valence-corrected chi connectivity index (χ3v) is 6.72. The molecule has 142 valence electrons. The lowest BCUT2D eigenvalue weighted by molar-refractivity contribution is 0.400. The number of rotatable bonds is 4. The Morgan fingerprint density at radius 3 is 2.00 bits per heavy atom. The van der Waals surface area contributed by atoms with Crippen LogP contribution in [0.1, 0.15) is 17.1 Å². The second kappa shape index (κ2) is 6.80. The highest BCUT2D eigenvalue weighted by molar-refractivity contribution is 7.90. The van der Waals surface area contributed by atoms with E-state index in [2.05, 4.69) is 5.16 Å². The van der Waals surface area contributed by atoms with Crippen LogP contribution in [0.15, 0.2) is 76.1 Å². The molecule has 2 aromatic carbocycles. The van der Waals surface area contributed by atoms with E-state index in [1.807, 2.05) is 37.3 Å². The normalized spacial score (nSPS) is 11.7. The summed E-state index contributed by atoms with van der Waals surface area (Å²) in [6.45, 7) is 5.42. The van der Waals surface area contributed by atoms with Crippen LogP contribution in [0.25, 0.3) is 22.4 Å². The standard InChI is InChI=1S/C22H20N2O3S/c1-15-9-10-16(2)24(15)28(25,26)20-13-11-18(12-14-20)21-17(3)27-23-22(21)19-7-5-4-6-8-19/h4-14H,1-3H3. The van der Waals surface area contributed by atoms with Crippen LogP contribution in [0, 0.1) is 20.8 Å². The molecule has 0 saturated carbocycles. The van der Waals surface area contributed by atoms with E-state index in [1.54, 1.807) is 50.2 Å². The van der Waals surface area contributed by atoms with E-state index in [0.717, 1.165) is 22.4 Å². The molecule has 0 aliphatic carbocycles. The maximum absolute atomic E-state index is 13.0. The molecule has 4 aromatic rings. The lowest BCUT2D eigenvalue weighted by Gasteiger charge is -2.11. The van der Waals surface area contributed by atoms with Gasteiger partial charge >= 0.3 is 0 Å². The first-order valence-corrected chi connectivity index (χ1v) is 10.4. The molecule has 4 rings (SSSR count). The molecule has 2 heterocycles. The van der Waals surface area contributed by atoms with Crippen LogP contribution in [-0.4, -0.2) is 17.5 Å². The van der Waals surface area contributed by atoms with Crippen molar-refractivity contribution in [2.24, 2.45) is 0 Å². The smallest absolute Gasteiger partial charge is 0.268 e. The molecule has 28 heavy (non-hydrogen) atoms. The molecule has 2 aromatic heterocycles. The first kappa shape index (κ1) is 18.3. The molecule has 0 unspecified atom stereocenters. The van der Waals surface area contributed by atoms with Gasteiger partial charge in [-0.05, 0) is 50.6 Å². The van der Waals surface area contributed by atoms with Gasteiger partial charge in [0.25, 0.3) is 10.0 Å². The van der Waals surface area contributed by atoms with Crippen molar-refractivity contribution in [2.75, 3.05) is 0 Å². The molecule has 5 nitrogen and oxygen atoms in total. The monoisotopic (exact) mass is 392 g/mol. The minimum Gasteiger partial charge on any atom is -0.360 e. The van der Waals surface area contributed by atoms with Crippen molar-refractivity contribution in [1.29, 1.82) is 0 Å². The highest BCUT2D eigenvalue weighted by Crippen LogP contribution is 2.34. The van der Waals surface area contributed by atoms with Gasteiger partial charge < -0.3 is 4.52 Å². The lowest BCUT2D eigenvalue weighted by atomic mass is 10.00. The highest BCUT2D eigenvalue weighted by atomic mass is 32.2. The number of aryl methyl sites for hydroxylation is 3. The van der Waals surface area contributed by atoms with Crippen LogP contribution in [-0.2, 0) is 10.0 Å². The minimum absolute atomic E-state index is 0.244. The molecule has 6 heteroatoms. The summed E-state index contributed by atoms with van der Waals surface area (Å²) in [5.41, 5.74) is 4.78. The van der Waals surface area contributed by atoms with E-state index >= 15 is 0 Å². The molecule has 0 amide bonds. The van der Waals surface area contributed by atoms with Gasteiger partial charge in [0.15, 0.2) is 0 Å². The van der Waals surface area contributed by atoms with Crippen molar-refractivity contribution < 1.29 is 12.9 Å². The summed E-state index contributed by atoms with van der Waals surface area (Å²) in [4.78, 5) is 0.244. The Kier molecular flexibility index (Phi) is 4.43. The quantitative estimate of drug-likeness (QED) is 0.492. The summed E-state index contributed by atoms with van der Waals surface area (Å²) in [7, 11) is -3.64. The predicted molar refractivity (Wildman–Crippen MR) is 109 cm³/mol. The van der Waals surface area contributed by atoms with Crippen molar-refractivity contribution >= 4 is 10.0 Å². The zero-order valence-electron chi connectivity index (χ0n) is 15.9. The molecule has 0 spiro atoms. The van der Waals surface area contributed by atoms with E-state index in [4.69, 9.17) is 4.52 Å². The fourth-order valence-corrected chi connectivity index (χ4v) is 5.01. The SMILES string of the molecule is Cc1onc(-c2ccccc2)c1-c1ccc(S(=O)(=O)n2c(C)ccc2C)cc1. The Morgan fingerprint density at radius 1 is 0.786 bits per heavy atom. The van der Waals surface area contributed by atoms with Gasteiger partial charge in [-0.15, -0.1) is 0 Å². The Balaban J connectivity index is 1.78. The Hall–Kier alpha value is -3.12. The molecule has 0 fully saturated rings. The molecule has 0 aliphatic rings. The second-order valence-corrected chi connectivity index (χ2v) is 8.52. The molecule has 0 atom stereocenters. The number of hydrogen-bond donors (Lipinski definition) is 0. The van der Waals surface area contributed by atoms with Gasteiger partial charge in [-0.25, -0.2) is 12.4 Å². The topological polar surface area (TPSA) is 65.1 Å². The fraction of sp³-hybridized carbons (Fsp3) is 0.136. The van der Waals surface area contributed by atoms with Crippen LogP contribution in [0.5, 0.6) is 0 Å². The summed E-state index contributed by atoms with van der Waals surface area (Å²) >= 11 is 0. The number of aromatic nitrogens is 2. The van der Waals surface area contributed by atoms with Crippen LogP contribution in [0.2, 0.25) is 0 Å². The first-order chi connectivity index (χ1) is 13.4. The Labute approximate surface area is 164 Å². The largest absolute Gasteiger partial charge is 0.360 e. The zero-order chi connectivity index (χ0) is 19.9. The van der Waals surface area contributed by atoms with Crippen LogP contribution >= 0.6 is 0 Å². The summed E-state index contributed by atoms with van der Waals surface area (Å²) < 4.78 is 32.8. The molecule has 0 bridgehead atoms. The van der Waals surface area contributed by atoms with Crippen molar-refractivity contribution in [3.63, 3.8) is 0 Å². The van der Waals surface area contributed by atoms with Crippen molar-refractivity contribution in [1.82, 2.24) is 9.13 Å². The molecular weight excluding hydrogens is 372 g/mol. The van der Waals surface area contributed by atoms with Gasteiger partial charge in [0.2, 0.25) is 0 Å². The Bertz CT molecular complexity index is 1220. The summed E-state index contributed by atoms with van der Waals surface area (Å²) in [5.74, 6) is 0.687. The van der Waals surface area contributed by atoms with E-state index in [0.29, 0.717) is 17.1 Å². The summed E-state index contributed by atoms with van der Waals surface area (Å²) in [6, 6.07) is 20.2. The second-order valence-electron chi connectivity index (χ2n) is 6.74. The third kappa shape index (κ3) is 2.96. The van der Waals surface area contributed by atoms with Gasteiger partial charge in [0, 0.05) is 17.0 Å². The molecule has 0 saturated heterocycles. The van der Waals surface area contributed by atoms with E-state index < -0.39 is 10.0 Å². The first-order valence-electron chi connectivity index (χ1n) is 8.92. The average molecular weight is 392 g/mol. The van der Waals surface area contributed by atoms with Gasteiger partial charge in [-0.1, -0.05) is 47.6 Å². The molecule has 0 radical (unpaired) electrons. The third-order valence-electron chi connectivity index (χ3n) is 4.80. The van der Waals surface area contributed by atoms with E-state index in [-0.39, 0.29) is 4.90 Å². The number of nitrogens with zero attached hydrogens (tertiary/aromatic N) is 2. The fourth-order valence-electron chi connectivity index (χ4n) is 3.44. The molecule has 0 N–H and O–H groups in total. The van der Waals surface area contributed by atoms with Gasteiger partial charge in [0.05, 0.1) is 10.5 Å². The van der Waals surface area contributed by atoms with Crippen LogP contribution in [0.4, 0.5) is 0 Å². The van der Waals surface area contributed by atoms with E-state index in [9.17, 15) is 8.42 Å². The number of hydrogen-bond acceptors (Lipinski definition) is 4. The number of benzene rings is 2. The molecule has 0 aliphatic heterocycles. The van der Waals surface area contributed by atoms with Crippen LogP contribution < -0.4 is 0 Å². The van der Waals surface area contributed by atoms with Crippen molar-refractivity contribution in [3.05, 3.63) is 83.9 Å². The predicted octanol–water partition coefficient (Wildman–Crippen LogP) is 4.97. The van der Waals surface area contributed by atoms with Crippen molar-refractivity contribution in [3.8, 4) is 22.4 Å². The van der Waals surface area contributed by atoms with Crippen LogP contribution in [0.3, 0.4) is 0 Å². The minimum atomic E-state index is -3.64. The maximum Gasteiger partial charge on any atom is 0.268 e.